The molecule has 2 aliphatic heterocycles. The van der Waals surface area contributed by atoms with E-state index in [2.05, 4.69) is 27.0 Å². The van der Waals surface area contributed by atoms with Gasteiger partial charge >= 0.3 is 0 Å². The Morgan fingerprint density at radius 1 is 1.47 bits per heavy atom. The predicted octanol–water partition coefficient (Wildman–Crippen LogP) is 2.07. The molecule has 2 saturated heterocycles. The van der Waals surface area contributed by atoms with Gasteiger partial charge in [-0.2, -0.15) is 23.1 Å². The maximum atomic E-state index is 12.0. The molecule has 92 valence electrons. The van der Waals surface area contributed by atoms with E-state index in [1.807, 2.05) is 11.8 Å². The lowest BCUT2D eigenvalue weighted by molar-refractivity contribution is -0.130. The number of thioether (sulfide) groups is 1. The smallest absolute Gasteiger partial charge is 0.238 e. The van der Waals surface area contributed by atoms with Crippen LogP contribution < -0.4 is 5.32 Å². The van der Waals surface area contributed by atoms with Crippen molar-refractivity contribution >= 4 is 29.0 Å². The predicted molar refractivity (Wildman–Crippen MR) is 72.3 cm³/mol. The van der Waals surface area contributed by atoms with Gasteiger partial charge in [-0.25, -0.2) is 0 Å². The number of hydrogen-bond acceptors (Lipinski definition) is 4. The quantitative estimate of drug-likeness (QED) is 0.891. The van der Waals surface area contributed by atoms with Crippen LogP contribution in [0.4, 0.5) is 0 Å². The molecule has 3 nitrogen and oxygen atoms in total. The molecule has 0 bridgehead atoms. The fraction of sp³-hybridized carbons (Fsp3) is 0.583. The van der Waals surface area contributed by atoms with Gasteiger partial charge in [0, 0.05) is 11.8 Å². The number of amides is 1. The van der Waals surface area contributed by atoms with Crippen LogP contribution in [0.2, 0.25) is 0 Å². The third-order valence-electron chi connectivity index (χ3n) is 3.40. The molecule has 0 aliphatic carbocycles. The summed E-state index contributed by atoms with van der Waals surface area (Å²) in [5, 5.41) is 7.55. The minimum absolute atomic E-state index is 0.109. The van der Waals surface area contributed by atoms with Crippen molar-refractivity contribution in [1.82, 2.24) is 10.2 Å². The normalized spacial score (nSPS) is 29.9. The van der Waals surface area contributed by atoms with Crippen LogP contribution in [0.1, 0.15) is 24.6 Å². The zero-order valence-electron chi connectivity index (χ0n) is 9.59. The average molecular weight is 268 g/mol. The number of carbonyl (C=O) groups is 1. The minimum atomic E-state index is 0.109. The van der Waals surface area contributed by atoms with Crippen molar-refractivity contribution in [3.05, 3.63) is 22.4 Å². The molecule has 2 fully saturated rings. The molecule has 0 radical (unpaired) electrons. The molecule has 1 N–H and O–H groups in total. The van der Waals surface area contributed by atoms with Crippen molar-refractivity contribution < 1.29 is 4.79 Å². The molecule has 1 aromatic rings. The average Bonchev–Trinajstić information content (AvgIpc) is 2.98. The third-order valence-corrected chi connectivity index (χ3v) is 5.30. The fourth-order valence-corrected chi connectivity index (χ4v) is 4.40. The Bertz CT molecular complexity index is 387. The third kappa shape index (κ3) is 2.23. The lowest BCUT2D eigenvalue weighted by Gasteiger charge is -2.34. The van der Waals surface area contributed by atoms with Crippen molar-refractivity contribution in [3.63, 3.8) is 0 Å². The van der Waals surface area contributed by atoms with Gasteiger partial charge in [0.1, 0.15) is 6.17 Å². The van der Waals surface area contributed by atoms with Crippen LogP contribution in [0.15, 0.2) is 16.8 Å². The maximum absolute atomic E-state index is 12.0. The SMILES string of the molecule is O=C1CNC(c2ccsc2)N1C1CCCSC1. The summed E-state index contributed by atoms with van der Waals surface area (Å²) in [7, 11) is 0. The molecule has 0 spiro atoms. The molecule has 3 heterocycles. The van der Waals surface area contributed by atoms with Gasteiger partial charge in [-0.1, -0.05) is 0 Å². The van der Waals surface area contributed by atoms with Gasteiger partial charge in [-0.05, 0) is 41.0 Å². The van der Waals surface area contributed by atoms with Crippen molar-refractivity contribution in [3.8, 4) is 0 Å². The van der Waals surface area contributed by atoms with E-state index >= 15 is 0 Å². The van der Waals surface area contributed by atoms with Crippen LogP contribution >= 0.6 is 23.1 Å². The number of hydrogen-bond donors (Lipinski definition) is 1. The van der Waals surface area contributed by atoms with E-state index in [-0.39, 0.29) is 12.1 Å². The molecular weight excluding hydrogens is 252 g/mol. The summed E-state index contributed by atoms with van der Waals surface area (Å²) in [6, 6.07) is 2.53. The van der Waals surface area contributed by atoms with Gasteiger partial charge in [0.25, 0.3) is 0 Å². The van der Waals surface area contributed by atoms with E-state index in [4.69, 9.17) is 0 Å². The van der Waals surface area contributed by atoms with Gasteiger partial charge in [-0.3, -0.25) is 10.1 Å². The van der Waals surface area contributed by atoms with Crippen LogP contribution in [-0.2, 0) is 4.79 Å². The van der Waals surface area contributed by atoms with Gasteiger partial charge in [-0.15, -0.1) is 0 Å². The second-order valence-corrected chi connectivity index (χ2v) is 6.44. The highest BCUT2D eigenvalue weighted by molar-refractivity contribution is 7.99. The Morgan fingerprint density at radius 3 is 3.12 bits per heavy atom. The fourth-order valence-electron chi connectivity index (χ4n) is 2.58. The van der Waals surface area contributed by atoms with E-state index < -0.39 is 0 Å². The largest absolute Gasteiger partial charge is 0.318 e. The Hall–Kier alpha value is -0.520. The van der Waals surface area contributed by atoms with Crippen LogP contribution in [0.25, 0.3) is 0 Å². The van der Waals surface area contributed by atoms with Gasteiger partial charge < -0.3 is 4.90 Å². The van der Waals surface area contributed by atoms with Gasteiger partial charge in [0.2, 0.25) is 5.91 Å². The van der Waals surface area contributed by atoms with Crippen LogP contribution in [0.5, 0.6) is 0 Å². The molecule has 3 rings (SSSR count). The van der Waals surface area contributed by atoms with Gasteiger partial charge in [0.15, 0.2) is 0 Å². The van der Waals surface area contributed by atoms with Crippen molar-refractivity contribution in [1.29, 1.82) is 0 Å². The Balaban J connectivity index is 1.81. The van der Waals surface area contributed by atoms with Gasteiger partial charge in [0.05, 0.1) is 6.54 Å². The number of rotatable bonds is 2. The number of nitrogens with one attached hydrogen (secondary N) is 1. The zero-order chi connectivity index (χ0) is 11.7. The van der Waals surface area contributed by atoms with Crippen molar-refractivity contribution in [2.45, 2.75) is 25.0 Å². The van der Waals surface area contributed by atoms with Crippen LogP contribution in [-0.4, -0.2) is 34.9 Å². The first-order chi connectivity index (χ1) is 8.36. The molecule has 0 saturated carbocycles. The molecule has 0 aromatic carbocycles. The highest BCUT2D eigenvalue weighted by Gasteiger charge is 2.37. The van der Waals surface area contributed by atoms with E-state index in [1.165, 1.54) is 17.7 Å². The molecule has 17 heavy (non-hydrogen) atoms. The zero-order valence-corrected chi connectivity index (χ0v) is 11.2. The van der Waals surface area contributed by atoms with E-state index in [0.717, 1.165) is 12.2 Å². The summed E-state index contributed by atoms with van der Waals surface area (Å²) in [6.45, 7) is 0.488. The standard InChI is InChI=1S/C12H16N2OS2/c15-11-6-13-12(9-3-5-17-7-9)14(11)10-2-1-4-16-8-10/h3,5,7,10,12-13H,1-2,4,6,8H2. The minimum Gasteiger partial charge on any atom is -0.318 e. The van der Waals surface area contributed by atoms with E-state index in [0.29, 0.717) is 12.6 Å². The molecule has 2 aliphatic rings. The Labute approximate surface area is 110 Å². The molecule has 1 aromatic heterocycles. The summed E-state index contributed by atoms with van der Waals surface area (Å²) in [5.74, 6) is 2.59. The Morgan fingerprint density at radius 2 is 2.41 bits per heavy atom. The van der Waals surface area contributed by atoms with Crippen LogP contribution in [0.3, 0.4) is 0 Å². The number of thiophene rings is 1. The summed E-state index contributed by atoms with van der Waals surface area (Å²) in [5.41, 5.74) is 1.23. The number of carbonyl (C=O) groups excluding carboxylic acids is 1. The first-order valence-corrected chi connectivity index (χ1v) is 8.10. The summed E-state index contributed by atoms with van der Waals surface area (Å²) < 4.78 is 0. The molecule has 1 amide bonds. The van der Waals surface area contributed by atoms with Crippen molar-refractivity contribution in [2.24, 2.45) is 0 Å². The second-order valence-electron chi connectivity index (χ2n) is 4.51. The monoisotopic (exact) mass is 268 g/mol. The lowest BCUT2D eigenvalue weighted by Crippen LogP contribution is -2.42. The molecular formula is C12H16N2OS2. The second kappa shape index (κ2) is 5.00. The summed E-state index contributed by atoms with van der Waals surface area (Å²) in [4.78, 5) is 14.1. The highest BCUT2D eigenvalue weighted by Crippen LogP contribution is 2.31. The summed E-state index contributed by atoms with van der Waals surface area (Å²) in [6.07, 6.45) is 2.49. The first-order valence-electron chi connectivity index (χ1n) is 6.00. The molecule has 2 atom stereocenters. The molecule has 5 heteroatoms. The maximum Gasteiger partial charge on any atom is 0.238 e. The number of nitrogens with zero attached hydrogens (tertiary/aromatic N) is 1. The van der Waals surface area contributed by atoms with E-state index in [1.54, 1.807) is 11.3 Å². The topological polar surface area (TPSA) is 32.3 Å². The highest BCUT2D eigenvalue weighted by atomic mass is 32.2. The van der Waals surface area contributed by atoms with E-state index in [9.17, 15) is 4.79 Å². The summed E-state index contributed by atoms with van der Waals surface area (Å²) >= 11 is 3.67. The first kappa shape index (κ1) is 11.6. The Kier molecular flexibility index (Phi) is 3.40. The molecule has 2 unspecified atom stereocenters. The van der Waals surface area contributed by atoms with Crippen LogP contribution in [0, 0.1) is 0 Å². The lowest BCUT2D eigenvalue weighted by atomic mass is 10.1. The van der Waals surface area contributed by atoms with Crippen molar-refractivity contribution in [2.75, 3.05) is 18.1 Å².